The Labute approximate surface area is 226 Å². The van der Waals surface area contributed by atoms with E-state index in [1.807, 2.05) is 48.8 Å². The van der Waals surface area contributed by atoms with E-state index in [1.165, 1.54) is 0 Å². The summed E-state index contributed by atoms with van der Waals surface area (Å²) in [5, 5.41) is 0. The van der Waals surface area contributed by atoms with Crippen molar-refractivity contribution >= 4 is 0 Å². The Balaban J connectivity index is 1.44. The van der Waals surface area contributed by atoms with E-state index < -0.39 is 5.41 Å². The quantitative estimate of drug-likeness (QED) is 0.238. The van der Waals surface area contributed by atoms with Crippen LogP contribution in [0.15, 0.2) is 134 Å². The number of benzene rings is 4. The second-order valence-electron chi connectivity index (χ2n) is 9.82. The lowest BCUT2D eigenvalue weighted by atomic mass is 9.62. The van der Waals surface area contributed by atoms with Crippen LogP contribution in [-0.2, 0) is 5.41 Å². The normalized spacial score (nSPS) is 16.2. The van der Waals surface area contributed by atoms with Crippen molar-refractivity contribution in [2.45, 2.75) is 5.41 Å². The molecule has 4 heterocycles. The smallest absolute Gasteiger partial charge is 0.132 e. The third kappa shape index (κ3) is 3.18. The van der Waals surface area contributed by atoms with Gasteiger partial charge >= 0.3 is 0 Å². The lowest BCUT2D eigenvalue weighted by molar-refractivity contribution is 0.399. The van der Waals surface area contributed by atoms with Gasteiger partial charge in [-0.15, -0.1) is 0 Å². The second-order valence-corrected chi connectivity index (χ2v) is 9.82. The van der Waals surface area contributed by atoms with E-state index in [-0.39, 0.29) is 0 Å². The summed E-state index contributed by atoms with van der Waals surface area (Å²) >= 11 is 0. The van der Waals surface area contributed by atoms with Gasteiger partial charge in [-0.25, -0.2) is 0 Å². The van der Waals surface area contributed by atoms with Crippen molar-refractivity contribution in [1.82, 2.24) is 9.97 Å². The number of fused-ring (bicyclic) bond motifs is 8. The molecule has 1 spiro atoms. The van der Waals surface area contributed by atoms with Gasteiger partial charge in [0.15, 0.2) is 0 Å². The molecule has 39 heavy (non-hydrogen) atoms. The van der Waals surface area contributed by atoms with Gasteiger partial charge in [0, 0.05) is 52.0 Å². The molecular formula is C35H22N2O2. The predicted molar refractivity (Wildman–Crippen MR) is 151 cm³/mol. The molecule has 0 radical (unpaired) electrons. The largest absolute Gasteiger partial charge is 0.457 e. The van der Waals surface area contributed by atoms with Gasteiger partial charge in [0.05, 0.1) is 11.1 Å². The van der Waals surface area contributed by atoms with Crippen LogP contribution in [0.25, 0.3) is 22.4 Å². The van der Waals surface area contributed by atoms with Gasteiger partial charge in [-0.05, 0) is 48.0 Å². The maximum Gasteiger partial charge on any atom is 0.132 e. The van der Waals surface area contributed by atoms with E-state index in [1.54, 1.807) is 6.20 Å². The van der Waals surface area contributed by atoms with Crippen molar-refractivity contribution in [2.75, 3.05) is 0 Å². The Morgan fingerprint density at radius 1 is 0.462 bits per heavy atom. The predicted octanol–water partition coefficient (Wildman–Crippen LogP) is 8.40. The van der Waals surface area contributed by atoms with Crippen LogP contribution in [0.1, 0.15) is 22.3 Å². The van der Waals surface area contributed by atoms with Crippen LogP contribution in [0.4, 0.5) is 0 Å². The fourth-order valence-electron chi connectivity index (χ4n) is 6.08. The van der Waals surface area contributed by atoms with E-state index in [9.17, 15) is 0 Å². The van der Waals surface area contributed by atoms with Crippen molar-refractivity contribution in [3.63, 3.8) is 0 Å². The standard InChI is InChI=1S/C35H22N2O2/c1-3-12-31-26(9-1)35(28-16-14-23(20-33(28)38-31)25-8-7-18-36-22-25)27-10-2-4-13-32(27)39-34-21-24(15-17-29(34)35)30-11-5-6-19-37-30/h1-22H. The summed E-state index contributed by atoms with van der Waals surface area (Å²) in [5.74, 6) is 3.31. The Bertz CT molecular complexity index is 1730. The molecule has 0 amide bonds. The Morgan fingerprint density at radius 2 is 1.08 bits per heavy atom. The summed E-state index contributed by atoms with van der Waals surface area (Å²) < 4.78 is 13.2. The lowest BCUT2D eigenvalue weighted by Crippen LogP contribution is -2.36. The molecule has 6 aromatic rings. The third-order valence-electron chi connectivity index (χ3n) is 7.75. The highest BCUT2D eigenvalue weighted by atomic mass is 16.5. The summed E-state index contributed by atoms with van der Waals surface area (Å²) in [6, 6.07) is 39.6. The minimum Gasteiger partial charge on any atom is -0.457 e. The van der Waals surface area contributed by atoms with E-state index in [4.69, 9.17) is 9.47 Å². The molecule has 1 atom stereocenters. The molecule has 1 unspecified atom stereocenters. The third-order valence-corrected chi connectivity index (χ3v) is 7.75. The number of rotatable bonds is 2. The highest BCUT2D eigenvalue weighted by Crippen LogP contribution is 2.61. The molecule has 2 aliphatic rings. The molecule has 0 saturated carbocycles. The summed E-state index contributed by atoms with van der Waals surface area (Å²) in [5.41, 5.74) is 7.74. The van der Waals surface area contributed by atoms with Crippen molar-refractivity contribution in [1.29, 1.82) is 0 Å². The molecule has 0 aliphatic carbocycles. The van der Waals surface area contributed by atoms with Crippen LogP contribution in [0, 0.1) is 0 Å². The van der Waals surface area contributed by atoms with Crippen LogP contribution in [0.5, 0.6) is 23.0 Å². The molecule has 0 fully saturated rings. The molecule has 4 aromatic carbocycles. The minimum absolute atomic E-state index is 0.621. The van der Waals surface area contributed by atoms with Crippen LogP contribution < -0.4 is 9.47 Å². The van der Waals surface area contributed by atoms with Gasteiger partial charge in [-0.3, -0.25) is 9.97 Å². The average Bonchev–Trinajstić information content (AvgIpc) is 3.01. The summed E-state index contributed by atoms with van der Waals surface area (Å²) in [6.07, 6.45) is 5.49. The van der Waals surface area contributed by atoms with Crippen molar-refractivity contribution in [2.24, 2.45) is 0 Å². The van der Waals surface area contributed by atoms with E-state index in [0.29, 0.717) is 0 Å². The van der Waals surface area contributed by atoms with Crippen molar-refractivity contribution in [3.8, 4) is 45.4 Å². The van der Waals surface area contributed by atoms with E-state index in [2.05, 4.69) is 88.8 Å². The molecular weight excluding hydrogens is 480 g/mol. The maximum atomic E-state index is 6.62. The zero-order valence-electron chi connectivity index (χ0n) is 20.9. The number of para-hydroxylation sites is 2. The molecule has 4 nitrogen and oxygen atoms in total. The van der Waals surface area contributed by atoms with Gasteiger partial charge in [0.25, 0.3) is 0 Å². The Hall–Kier alpha value is -5.22. The molecule has 0 saturated heterocycles. The first-order valence-electron chi connectivity index (χ1n) is 13.0. The van der Waals surface area contributed by atoms with Crippen LogP contribution in [0.2, 0.25) is 0 Å². The number of nitrogens with zero attached hydrogens (tertiary/aromatic N) is 2. The number of hydrogen-bond donors (Lipinski definition) is 0. The first kappa shape index (κ1) is 21.8. The molecule has 2 aliphatic heterocycles. The number of hydrogen-bond acceptors (Lipinski definition) is 4. The lowest BCUT2D eigenvalue weighted by Gasteiger charge is -2.45. The van der Waals surface area contributed by atoms with Crippen LogP contribution in [0.3, 0.4) is 0 Å². The highest BCUT2D eigenvalue weighted by Gasteiger charge is 2.50. The molecule has 2 aromatic heterocycles. The van der Waals surface area contributed by atoms with Crippen molar-refractivity contribution < 1.29 is 9.47 Å². The first-order valence-corrected chi connectivity index (χ1v) is 13.0. The summed E-state index contributed by atoms with van der Waals surface area (Å²) in [7, 11) is 0. The molecule has 4 heteroatoms. The van der Waals surface area contributed by atoms with Gasteiger partial charge in [-0.1, -0.05) is 72.8 Å². The fraction of sp³-hybridized carbons (Fsp3) is 0.0286. The molecule has 184 valence electrons. The average molecular weight is 503 g/mol. The van der Waals surface area contributed by atoms with Crippen LogP contribution in [-0.4, -0.2) is 9.97 Å². The summed E-state index contributed by atoms with van der Waals surface area (Å²) in [6.45, 7) is 0. The van der Waals surface area contributed by atoms with Crippen LogP contribution >= 0.6 is 0 Å². The SMILES string of the molecule is c1ccc(-c2ccc3c(c2)Oc2ccccc2C32c3ccccc3Oc3cc(-c4cccnc4)ccc32)nc1. The van der Waals surface area contributed by atoms with Gasteiger partial charge in [0.1, 0.15) is 23.0 Å². The zero-order valence-corrected chi connectivity index (χ0v) is 20.9. The molecule has 0 N–H and O–H groups in total. The number of aromatic nitrogens is 2. The zero-order chi connectivity index (χ0) is 25.8. The second kappa shape index (κ2) is 8.40. The van der Waals surface area contributed by atoms with E-state index >= 15 is 0 Å². The maximum absolute atomic E-state index is 6.62. The Kier molecular flexibility index (Phi) is 4.70. The van der Waals surface area contributed by atoms with Gasteiger partial charge in [-0.2, -0.15) is 0 Å². The number of ether oxygens (including phenoxy) is 2. The fourth-order valence-corrected chi connectivity index (χ4v) is 6.08. The van der Waals surface area contributed by atoms with Crippen molar-refractivity contribution in [3.05, 3.63) is 156 Å². The highest BCUT2D eigenvalue weighted by molar-refractivity contribution is 5.79. The first-order chi connectivity index (χ1) is 19.3. The monoisotopic (exact) mass is 502 g/mol. The van der Waals surface area contributed by atoms with E-state index in [0.717, 1.165) is 67.6 Å². The Morgan fingerprint density at radius 3 is 1.72 bits per heavy atom. The van der Waals surface area contributed by atoms with Gasteiger partial charge < -0.3 is 9.47 Å². The summed E-state index contributed by atoms with van der Waals surface area (Å²) in [4.78, 5) is 8.90. The molecule has 0 bridgehead atoms. The number of pyridine rings is 2. The molecule has 8 rings (SSSR count). The van der Waals surface area contributed by atoms with Gasteiger partial charge in [0.2, 0.25) is 0 Å². The topological polar surface area (TPSA) is 44.2 Å². The minimum atomic E-state index is -0.621.